The van der Waals surface area contributed by atoms with Gasteiger partial charge in [0.15, 0.2) is 0 Å². The van der Waals surface area contributed by atoms with E-state index >= 15 is 0 Å². The largest absolute Gasteiger partial charge is 0.338 e. The number of urea groups is 1. The minimum Gasteiger partial charge on any atom is -0.338 e. The van der Waals surface area contributed by atoms with E-state index in [2.05, 4.69) is 28.5 Å². The summed E-state index contributed by atoms with van der Waals surface area (Å²) in [6, 6.07) is 16.2. The van der Waals surface area contributed by atoms with Gasteiger partial charge in [0.25, 0.3) is 0 Å². The summed E-state index contributed by atoms with van der Waals surface area (Å²) < 4.78 is 2.01. The molecule has 1 aliphatic rings. The molecule has 1 aliphatic heterocycles. The van der Waals surface area contributed by atoms with Crippen LogP contribution in [0.15, 0.2) is 60.9 Å². The lowest BCUT2D eigenvalue weighted by Gasteiger charge is -2.20. The molecule has 138 valence electrons. The Labute approximate surface area is 158 Å². The number of pyridine rings is 1. The van der Waals surface area contributed by atoms with Gasteiger partial charge in [-0.2, -0.15) is 5.10 Å². The van der Waals surface area contributed by atoms with Crippen molar-refractivity contribution in [3.05, 3.63) is 72.2 Å². The van der Waals surface area contributed by atoms with Crippen LogP contribution in [0.1, 0.15) is 17.7 Å². The van der Waals surface area contributed by atoms with Gasteiger partial charge in [0.1, 0.15) is 0 Å². The van der Waals surface area contributed by atoms with Crippen LogP contribution in [0.5, 0.6) is 0 Å². The zero-order valence-corrected chi connectivity index (χ0v) is 15.2. The highest BCUT2D eigenvalue weighted by molar-refractivity contribution is 5.74. The lowest BCUT2D eigenvalue weighted by Crippen LogP contribution is -2.40. The van der Waals surface area contributed by atoms with Crippen molar-refractivity contribution in [2.24, 2.45) is 0 Å². The Hall–Kier alpha value is -3.15. The van der Waals surface area contributed by atoms with Crippen molar-refractivity contribution in [1.82, 2.24) is 25.0 Å². The van der Waals surface area contributed by atoms with Gasteiger partial charge in [0.2, 0.25) is 0 Å². The topological polar surface area (TPSA) is 63.1 Å². The van der Waals surface area contributed by atoms with Crippen LogP contribution in [0.3, 0.4) is 0 Å². The lowest BCUT2D eigenvalue weighted by atomic mass is 10.1. The second-order valence-electron chi connectivity index (χ2n) is 6.73. The van der Waals surface area contributed by atoms with Gasteiger partial charge in [-0.05, 0) is 36.6 Å². The Balaban J connectivity index is 1.39. The van der Waals surface area contributed by atoms with E-state index in [1.54, 1.807) is 6.20 Å². The highest BCUT2D eigenvalue weighted by Crippen LogP contribution is 2.21. The summed E-state index contributed by atoms with van der Waals surface area (Å²) in [5, 5.41) is 7.74. The van der Waals surface area contributed by atoms with Crippen molar-refractivity contribution in [2.45, 2.75) is 25.9 Å². The Morgan fingerprint density at radius 3 is 2.81 bits per heavy atom. The summed E-state index contributed by atoms with van der Waals surface area (Å²) in [6.45, 7) is 2.77. The highest BCUT2D eigenvalue weighted by atomic mass is 16.2. The molecule has 0 unspecified atom stereocenters. The van der Waals surface area contributed by atoms with Crippen molar-refractivity contribution >= 4 is 6.03 Å². The average molecular weight is 361 g/mol. The van der Waals surface area contributed by atoms with E-state index in [4.69, 9.17) is 5.10 Å². The summed E-state index contributed by atoms with van der Waals surface area (Å²) in [5.41, 5.74) is 4.19. The zero-order chi connectivity index (χ0) is 18.5. The van der Waals surface area contributed by atoms with Gasteiger partial charge >= 0.3 is 6.03 Å². The molecular weight excluding hydrogens is 338 g/mol. The van der Waals surface area contributed by atoms with Crippen molar-refractivity contribution < 1.29 is 4.79 Å². The van der Waals surface area contributed by atoms with Crippen LogP contribution in [0.2, 0.25) is 0 Å². The van der Waals surface area contributed by atoms with Crippen LogP contribution in [-0.4, -0.2) is 38.8 Å². The molecular formula is C21H23N5O. The molecule has 0 bridgehead atoms. The van der Waals surface area contributed by atoms with Crippen molar-refractivity contribution in [3.8, 4) is 11.3 Å². The molecule has 0 atom stereocenters. The number of rotatable bonds is 4. The number of aryl methyl sites for hydroxylation is 1. The van der Waals surface area contributed by atoms with Gasteiger partial charge in [-0.3, -0.25) is 9.67 Å². The third-order valence-electron chi connectivity index (χ3n) is 4.79. The van der Waals surface area contributed by atoms with Gasteiger partial charge in [-0.25, -0.2) is 4.79 Å². The number of carbonyl (C=O) groups is 1. The van der Waals surface area contributed by atoms with Gasteiger partial charge in [-0.15, -0.1) is 0 Å². The first-order chi connectivity index (χ1) is 13.3. The molecule has 0 aliphatic carbocycles. The number of hydrogen-bond acceptors (Lipinski definition) is 3. The predicted molar refractivity (Wildman–Crippen MR) is 104 cm³/mol. The summed E-state index contributed by atoms with van der Waals surface area (Å²) in [5.74, 6) is 0. The molecule has 2 aromatic heterocycles. The van der Waals surface area contributed by atoms with E-state index in [0.29, 0.717) is 13.1 Å². The molecule has 2 amide bonds. The van der Waals surface area contributed by atoms with E-state index in [1.165, 1.54) is 5.56 Å². The van der Waals surface area contributed by atoms with Gasteiger partial charge in [0.05, 0.1) is 17.9 Å². The van der Waals surface area contributed by atoms with E-state index in [-0.39, 0.29) is 6.03 Å². The Morgan fingerprint density at radius 1 is 1.11 bits per heavy atom. The Morgan fingerprint density at radius 2 is 2.00 bits per heavy atom. The molecule has 0 saturated carbocycles. The van der Waals surface area contributed by atoms with Crippen LogP contribution < -0.4 is 5.32 Å². The summed E-state index contributed by atoms with van der Waals surface area (Å²) in [7, 11) is 0. The number of fused-ring (bicyclic) bond motifs is 1. The van der Waals surface area contributed by atoms with Crippen LogP contribution in [0.25, 0.3) is 11.3 Å². The van der Waals surface area contributed by atoms with Gasteiger partial charge in [-0.1, -0.05) is 30.3 Å². The van der Waals surface area contributed by atoms with Crippen LogP contribution in [0.4, 0.5) is 4.79 Å². The fraction of sp³-hybridized carbons (Fsp3) is 0.286. The number of carbonyl (C=O) groups excluding carboxylic acids is 1. The monoisotopic (exact) mass is 361 g/mol. The molecule has 4 rings (SSSR count). The molecule has 6 nitrogen and oxygen atoms in total. The molecule has 3 aromatic rings. The number of nitrogens with zero attached hydrogens (tertiary/aromatic N) is 4. The minimum absolute atomic E-state index is 0.0106. The number of hydrogen-bond donors (Lipinski definition) is 1. The van der Waals surface area contributed by atoms with Gasteiger partial charge in [0, 0.05) is 37.6 Å². The number of amides is 2. The summed E-state index contributed by atoms with van der Waals surface area (Å²) in [4.78, 5) is 18.6. The van der Waals surface area contributed by atoms with E-state index in [1.807, 2.05) is 46.1 Å². The van der Waals surface area contributed by atoms with Crippen LogP contribution >= 0.6 is 0 Å². The lowest BCUT2D eigenvalue weighted by molar-refractivity contribution is 0.196. The van der Waals surface area contributed by atoms with Gasteiger partial charge < -0.3 is 10.2 Å². The molecule has 0 fully saturated rings. The maximum Gasteiger partial charge on any atom is 0.317 e. The Kier molecular flexibility index (Phi) is 5.14. The van der Waals surface area contributed by atoms with Crippen LogP contribution in [-0.2, 0) is 19.5 Å². The standard InChI is InChI=1S/C21H23N5O/c27-21(23-11-9-17-6-2-1-3-7-17)25-12-5-13-26-19(16-25)14-20(24-26)18-8-4-10-22-15-18/h1-4,6-8,10,14-15H,5,9,11-13,16H2,(H,23,27). The SMILES string of the molecule is O=C(NCCc1ccccc1)N1CCCn2nc(-c3cccnc3)cc2C1. The minimum atomic E-state index is -0.0106. The second-order valence-corrected chi connectivity index (χ2v) is 6.73. The zero-order valence-electron chi connectivity index (χ0n) is 15.2. The molecule has 1 N–H and O–H groups in total. The first kappa shape index (κ1) is 17.3. The average Bonchev–Trinajstić information content (AvgIpc) is 3.01. The smallest absolute Gasteiger partial charge is 0.317 e. The first-order valence-electron chi connectivity index (χ1n) is 9.33. The van der Waals surface area contributed by atoms with Crippen molar-refractivity contribution in [1.29, 1.82) is 0 Å². The third kappa shape index (κ3) is 4.16. The molecule has 0 spiro atoms. The predicted octanol–water partition coefficient (Wildman–Crippen LogP) is 3.10. The van der Waals surface area contributed by atoms with Crippen LogP contribution in [0, 0.1) is 0 Å². The normalized spacial score (nSPS) is 13.7. The number of benzene rings is 1. The van der Waals surface area contributed by atoms with E-state index in [0.717, 1.165) is 42.9 Å². The number of aromatic nitrogens is 3. The summed E-state index contributed by atoms with van der Waals surface area (Å²) >= 11 is 0. The fourth-order valence-corrected chi connectivity index (χ4v) is 3.36. The molecule has 3 heterocycles. The molecule has 27 heavy (non-hydrogen) atoms. The molecule has 0 saturated heterocycles. The highest BCUT2D eigenvalue weighted by Gasteiger charge is 2.20. The number of nitrogens with one attached hydrogen (secondary N) is 1. The quantitative estimate of drug-likeness (QED) is 0.777. The summed E-state index contributed by atoms with van der Waals surface area (Å²) in [6.07, 6.45) is 5.30. The third-order valence-corrected chi connectivity index (χ3v) is 4.79. The maximum absolute atomic E-state index is 12.6. The molecule has 1 aromatic carbocycles. The second kappa shape index (κ2) is 8.03. The first-order valence-corrected chi connectivity index (χ1v) is 9.33. The fourth-order valence-electron chi connectivity index (χ4n) is 3.36. The van der Waals surface area contributed by atoms with Crippen molar-refractivity contribution in [3.63, 3.8) is 0 Å². The van der Waals surface area contributed by atoms with Crippen molar-refractivity contribution in [2.75, 3.05) is 13.1 Å². The molecule has 0 radical (unpaired) electrons. The maximum atomic E-state index is 12.6. The Bertz CT molecular complexity index is 891. The van der Waals surface area contributed by atoms with E-state index < -0.39 is 0 Å². The molecule has 6 heteroatoms. The van der Waals surface area contributed by atoms with E-state index in [9.17, 15) is 4.79 Å².